The molecule has 0 amide bonds. The summed E-state index contributed by atoms with van der Waals surface area (Å²) in [5.74, 6) is 0. The first-order chi connectivity index (χ1) is 15.8. The summed E-state index contributed by atoms with van der Waals surface area (Å²) in [6.07, 6.45) is 12.0. The van der Waals surface area contributed by atoms with Crippen molar-refractivity contribution in [1.29, 1.82) is 0 Å². The molecule has 2 aliphatic carbocycles. The Morgan fingerprint density at radius 2 is 0.857 bits per heavy atom. The van der Waals surface area contributed by atoms with E-state index in [1.807, 2.05) is 0 Å². The Morgan fingerprint density at radius 1 is 0.600 bits per heavy atom. The summed E-state index contributed by atoms with van der Waals surface area (Å²) in [6, 6.07) is 24.9. The van der Waals surface area contributed by atoms with Crippen LogP contribution in [0.2, 0.25) is 37.3 Å². The molecule has 0 radical (unpaired) electrons. The van der Waals surface area contributed by atoms with Crippen LogP contribution in [-0.4, -0.2) is 16.1 Å². The molecule has 0 atom stereocenters. The third-order valence-electron chi connectivity index (χ3n) is 7.93. The summed E-state index contributed by atoms with van der Waals surface area (Å²) in [7, 11) is 7.85. The molecule has 0 bridgehead atoms. The van der Waals surface area contributed by atoms with Crippen LogP contribution in [0, 0.1) is 14.9 Å². The zero-order chi connectivity index (χ0) is 24.2. The van der Waals surface area contributed by atoms with Crippen LogP contribution in [0.25, 0.3) is 0 Å². The van der Waals surface area contributed by atoms with Gasteiger partial charge >= 0.3 is 37.9 Å². The molecule has 0 spiro atoms. The summed E-state index contributed by atoms with van der Waals surface area (Å²) in [4.78, 5) is 0. The average molecular weight is 629 g/mol. The van der Waals surface area contributed by atoms with Crippen molar-refractivity contribution in [1.82, 2.24) is 0 Å². The molecule has 2 saturated carbocycles. The van der Waals surface area contributed by atoms with Gasteiger partial charge < -0.3 is 14.9 Å². The van der Waals surface area contributed by atoms with Gasteiger partial charge in [0.15, 0.2) is 0 Å². The van der Waals surface area contributed by atoms with Gasteiger partial charge in [0.25, 0.3) is 0 Å². The van der Waals surface area contributed by atoms with Gasteiger partial charge in [-0.3, -0.25) is 0 Å². The van der Waals surface area contributed by atoms with Crippen LogP contribution in [0.15, 0.2) is 60.7 Å². The van der Waals surface area contributed by atoms with Crippen molar-refractivity contribution in [2.24, 2.45) is 0 Å². The standard InChI is InChI=1S/2C14H22Si.2CH3.2ClH.Zr/c2*1-15(2,14-10-6-7-11-14)12-13-8-4-3-5-9-13;;;;;/h2*3-5,8-9,14H,6-7,10-12H2,1-2H3;2*1H3;2*1H;/q;;2*-1;;;+4/p-2. The molecule has 2 fully saturated rings. The Morgan fingerprint density at radius 3 is 1.11 bits per heavy atom. The monoisotopic (exact) mass is 626 g/mol. The van der Waals surface area contributed by atoms with E-state index < -0.39 is 37.0 Å². The van der Waals surface area contributed by atoms with Gasteiger partial charge in [-0.25, -0.2) is 0 Å². The molecule has 0 aliphatic heterocycles. The van der Waals surface area contributed by atoms with Crippen molar-refractivity contribution < 1.29 is 20.8 Å². The first-order valence-corrected chi connectivity index (χ1v) is 25.7. The molecule has 5 heteroatoms. The van der Waals surface area contributed by atoms with E-state index in [0.29, 0.717) is 0 Å². The maximum absolute atomic E-state index is 4.93. The molecule has 2 aromatic carbocycles. The van der Waals surface area contributed by atoms with Crippen LogP contribution in [-0.2, 0) is 32.9 Å². The Hall–Kier alpha value is 0.337. The van der Waals surface area contributed by atoms with Crippen molar-refractivity contribution in [3.05, 3.63) is 86.6 Å². The minimum atomic E-state index is -1.01. The molecule has 35 heavy (non-hydrogen) atoms. The normalized spacial score (nSPS) is 15.9. The van der Waals surface area contributed by atoms with Crippen LogP contribution in [0.5, 0.6) is 0 Å². The third-order valence-corrected chi connectivity index (χ3v) is 16.1. The van der Waals surface area contributed by atoms with E-state index in [9.17, 15) is 0 Å². The maximum atomic E-state index is 4.93. The molecule has 4 rings (SSSR count). The second kappa shape index (κ2) is 18.6. The van der Waals surface area contributed by atoms with Gasteiger partial charge in [-0.1, -0.05) is 149 Å². The van der Waals surface area contributed by atoms with Crippen molar-refractivity contribution >= 4 is 33.2 Å². The molecule has 2 aromatic rings. The van der Waals surface area contributed by atoms with Gasteiger partial charge in [-0.05, 0) is 23.2 Å². The Labute approximate surface area is 239 Å². The van der Waals surface area contributed by atoms with E-state index in [2.05, 4.69) is 86.9 Å². The van der Waals surface area contributed by atoms with Gasteiger partial charge in [-0.15, -0.1) is 0 Å². The van der Waals surface area contributed by atoms with E-state index in [4.69, 9.17) is 17.0 Å². The first kappa shape index (κ1) is 35.3. The van der Waals surface area contributed by atoms with E-state index in [-0.39, 0.29) is 14.9 Å². The van der Waals surface area contributed by atoms with Crippen molar-refractivity contribution in [2.45, 2.75) is 101 Å². The quantitative estimate of drug-likeness (QED) is 0.221. The second-order valence-corrected chi connectivity index (χ2v) is 25.4. The molecule has 0 aromatic heterocycles. The molecule has 196 valence electrons. The molecule has 0 saturated heterocycles. The predicted octanol–water partition coefficient (Wildman–Crippen LogP) is 11.1. The second-order valence-electron chi connectivity index (χ2n) is 11.3. The molecule has 0 unspecified atom stereocenters. The molecular formula is C30H50Cl2Si2Zr. The van der Waals surface area contributed by atoms with E-state index in [1.165, 1.54) is 63.5 Å². The Kier molecular flexibility index (Phi) is 18.7. The topological polar surface area (TPSA) is 0 Å². The van der Waals surface area contributed by atoms with E-state index >= 15 is 0 Å². The van der Waals surface area contributed by atoms with Gasteiger partial charge in [0.05, 0.1) is 16.1 Å². The number of hydrogen-bond donors (Lipinski definition) is 0. The summed E-state index contributed by atoms with van der Waals surface area (Å²) in [5, 5.41) is 0. The molecule has 0 heterocycles. The predicted molar refractivity (Wildman–Crippen MR) is 164 cm³/mol. The molecule has 2 aliphatic rings. The van der Waals surface area contributed by atoms with Gasteiger partial charge in [0.2, 0.25) is 0 Å². The molecule has 0 N–H and O–H groups in total. The van der Waals surface area contributed by atoms with E-state index in [1.54, 1.807) is 11.1 Å². The fourth-order valence-corrected chi connectivity index (χ4v) is 13.0. The van der Waals surface area contributed by atoms with Crippen LogP contribution < -0.4 is 0 Å². The van der Waals surface area contributed by atoms with E-state index in [0.717, 1.165) is 11.1 Å². The van der Waals surface area contributed by atoms with Crippen LogP contribution >= 0.6 is 17.0 Å². The zero-order valence-corrected chi connectivity index (χ0v) is 29.2. The molecule has 0 nitrogen and oxygen atoms in total. The first-order valence-electron chi connectivity index (χ1n) is 12.8. The minimum absolute atomic E-state index is 0. The summed E-state index contributed by atoms with van der Waals surface area (Å²) < 4.78 is 0. The summed E-state index contributed by atoms with van der Waals surface area (Å²) in [6.45, 7) is 10.3. The fraction of sp³-hybridized carbons (Fsp3) is 0.533. The molecular weight excluding hydrogens is 579 g/mol. The van der Waals surface area contributed by atoms with Crippen molar-refractivity contribution in [2.75, 3.05) is 0 Å². The van der Waals surface area contributed by atoms with Crippen molar-refractivity contribution in [3.8, 4) is 0 Å². The number of benzene rings is 2. The summed E-state index contributed by atoms with van der Waals surface area (Å²) >= 11 is -0.826. The van der Waals surface area contributed by atoms with Gasteiger partial charge in [0, 0.05) is 0 Å². The van der Waals surface area contributed by atoms with Crippen LogP contribution in [0.4, 0.5) is 0 Å². The van der Waals surface area contributed by atoms with Crippen molar-refractivity contribution in [3.63, 3.8) is 0 Å². The Balaban J connectivity index is 0.000000565. The SMILES string of the molecule is C[Si](C)(Cc1ccccc1)C1CCCC1.C[Si](C)(Cc1ccccc1)C1CCCC1.[CH3-].[CH3-].[Cl][Zr+2][Cl]. The third kappa shape index (κ3) is 13.1. The number of halogens is 2. The van der Waals surface area contributed by atoms with Crippen LogP contribution in [0.3, 0.4) is 0 Å². The number of rotatable bonds is 6. The van der Waals surface area contributed by atoms with Crippen LogP contribution in [0.1, 0.15) is 62.5 Å². The fourth-order valence-electron chi connectivity index (χ4n) is 5.95. The Bertz CT molecular complexity index is 691. The van der Waals surface area contributed by atoms with Gasteiger partial charge in [-0.2, -0.15) is 0 Å². The average Bonchev–Trinajstić information content (AvgIpc) is 3.51. The van der Waals surface area contributed by atoms with Gasteiger partial charge in [0.1, 0.15) is 0 Å². The summed E-state index contributed by atoms with van der Waals surface area (Å²) in [5.41, 5.74) is 5.28. The zero-order valence-electron chi connectivity index (χ0n) is 23.3. The number of hydrogen-bond acceptors (Lipinski definition) is 0.